The molecule has 0 bridgehead atoms. The molecule has 1 amide bonds. The fourth-order valence-corrected chi connectivity index (χ4v) is 1.64. The van der Waals surface area contributed by atoms with E-state index < -0.39 is 0 Å². The van der Waals surface area contributed by atoms with Crippen LogP contribution in [-0.2, 0) is 4.74 Å². The van der Waals surface area contributed by atoms with Gasteiger partial charge in [-0.25, -0.2) is 0 Å². The van der Waals surface area contributed by atoms with E-state index in [1.165, 1.54) is 7.11 Å². The summed E-state index contributed by atoms with van der Waals surface area (Å²) in [6.45, 7) is 4.89. The molecule has 100 valence electrons. The first-order valence-corrected chi connectivity index (χ1v) is 5.92. The highest BCUT2D eigenvalue weighted by Crippen LogP contribution is 2.25. The van der Waals surface area contributed by atoms with Crippen LogP contribution in [0.25, 0.3) is 0 Å². The summed E-state index contributed by atoms with van der Waals surface area (Å²) in [5.74, 6) is 0.185. The SMILES string of the molecule is CCOC(C)CNC(=O)c1cccc(N)c1OC. The number of nitrogens with two attached hydrogens (primary N) is 1. The Hall–Kier alpha value is -1.75. The van der Waals surface area contributed by atoms with E-state index in [0.29, 0.717) is 30.2 Å². The molecule has 18 heavy (non-hydrogen) atoms. The van der Waals surface area contributed by atoms with Gasteiger partial charge in [0.05, 0.1) is 24.5 Å². The molecule has 0 heterocycles. The molecule has 0 radical (unpaired) electrons. The van der Waals surface area contributed by atoms with Crippen molar-refractivity contribution >= 4 is 11.6 Å². The van der Waals surface area contributed by atoms with Gasteiger partial charge >= 0.3 is 0 Å². The van der Waals surface area contributed by atoms with E-state index in [1.54, 1.807) is 18.2 Å². The Bertz CT molecular complexity index is 407. The lowest BCUT2D eigenvalue weighted by Gasteiger charge is -2.14. The number of nitrogens with one attached hydrogen (secondary N) is 1. The molecule has 0 spiro atoms. The molecule has 3 N–H and O–H groups in total. The van der Waals surface area contributed by atoms with E-state index in [0.717, 1.165) is 0 Å². The average molecular weight is 252 g/mol. The standard InChI is InChI=1S/C13H20N2O3/c1-4-18-9(2)8-15-13(16)10-6-5-7-11(14)12(10)17-3/h5-7,9H,4,8,14H2,1-3H3,(H,15,16). The molecule has 1 atom stereocenters. The second-order valence-corrected chi connectivity index (χ2v) is 3.90. The van der Waals surface area contributed by atoms with Crippen molar-refractivity contribution in [3.05, 3.63) is 23.8 Å². The van der Waals surface area contributed by atoms with Crippen LogP contribution in [0.2, 0.25) is 0 Å². The van der Waals surface area contributed by atoms with Gasteiger partial charge < -0.3 is 20.5 Å². The minimum atomic E-state index is -0.217. The number of benzene rings is 1. The van der Waals surface area contributed by atoms with E-state index in [9.17, 15) is 4.79 Å². The van der Waals surface area contributed by atoms with Crippen molar-refractivity contribution in [2.45, 2.75) is 20.0 Å². The number of methoxy groups -OCH3 is 1. The zero-order chi connectivity index (χ0) is 13.5. The second-order valence-electron chi connectivity index (χ2n) is 3.90. The first kappa shape index (κ1) is 14.3. The van der Waals surface area contributed by atoms with Crippen molar-refractivity contribution < 1.29 is 14.3 Å². The molecule has 0 aliphatic carbocycles. The van der Waals surface area contributed by atoms with Crippen molar-refractivity contribution in [1.29, 1.82) is 0 Å². The zero-order valence-electron chi connectivity index (χ0n) is 11.0. The van der Waals surface area contributed by atoms with Crippen LogP contribution in [0.4, 0.5) is 5.69 Å². The largest absolute Gasteiger partial charge is 0.494 e. The second kappa shape index (κ2) is 6.86. The number of carbonyl (C=O) groups is 1. The zero-order valence-corrected chi connectivity index (χ0v) is 11.0. The van der Waals surface area contributed by atoms with Crippen LogP contribution in [0, 0.1) is 0 Å². The van der Waals surface area contributed by atoms with Crippen molar-refractivity contribution in [3.8, 4) is 5.75 Å². The molecule has 0 aromatic heterocycles. The number of ether oxygens (including phenoxy) is 2. The fraction of sp³-hybridized carbons (Fsp3) is 0.462. The van der Waals surface area contributed by atoms with Crippen LogP contribution in [0.3, 0.4) is 0 Å². The van der Waals surface area contributed by atoms with Gasteiger partial charge in [0, 0.05) is 13.2 Å². The molecule has 0 saturated carbocycles. The molecular formula is C13H20N2O3. The van der Waals surface area contributed by atoms with Crippen LogP contribution in [0.5, 0.6) is 5.75 Å². The van der Waals surface area contributed by atoms with Gasteiger partial charge in [0.15, 0.2) is 5.75 Å². The lowest BCUT2D eigenvalue weighted by molar-refractivity contribution is 0.0694. The highest BCUT2D eigenvalue weighted by Gasteiger charge is 2.14. The molecule has 1 aromatic rings. The van der Waals surface area contributed by atoms with Gasteiger partial charge in [-0.1, -0.05) is 6.07 Å². The van der Waals surface area contributed by atoms with Gasteiger partial charge in [-0.05, 0) is 26.0 Å². The van der Waals surface area contributed by atoms with Crippen LogP contribution in [0.15, 0.2) is 18.2 Å². The van der Waals surface area contributed by atoms with Crippen molar-refractivity contribution in [2.75, 3.05) is 26.0 Å². The monoisotopic (exact) mass is 252 g/mol. The number of rotatable bonds is 6. The number of hydrogen-bond donors (Lipinski definition) is 2. The summed E-state index contributed by atoms with van der Waals surface area (Å²) in [5.41, 5.74) is 6.62. The molecule has 1 rings (SSSR count). The van der Waals surface area contributed by atoms with Crippen LogP contribution in [0.1, 0.15) is 24.2 Å². The summed E-state index contributed by atoms with van der Waals surface area (Å²) >= 11 is 0. The lowest BCUT2D eigenvalue weighted by Crippen LogP contribution is -2.32. The third-order valence-corrected chi connectivity index (χ3v) is 2.50. The number of nitrogen functional groups attached to an aromatic ring is 1. The van der Waals surface area contributed by atoms with Crippen molar-refractivity contribution in [3.63, 3.8) is 0 Å². The topological polar surface area (TPSA) is 73.6 Å². The third kappa shape index (κ3) is 3.63. The molecule has 1 aromatic carbocycles. The summed E-state index contributed by atoms with van der Waals surface area (Å²) in [6.07, 6.45) is -0.0222. The van der Waals surface area contributed by atoms with Crippen LogP contribution < -0.4 is 15.8 Å². The Balaban J connectivity index is 2.70. The smallest absolute Gasteiger partial charge is 0.255 e. The lowest BCUT2D eigenvalue weighted by atomic mass is 10.1. The molecular weight excluding hydrogens is 232 g/mol. The summed E-state index contributed by atoms with van der Waals surface area (Å²) < 4.78 is 10.5. The van der Waals surface area contributed by atoms with Gasteiger partial charge in [0.1, 0.15) is 0 Å². The van der Waals surface area contributed by atoms with Gasteiger partial charge in [0.25, 0.3) is 5.91 Å². The molecule has 0 saturated heterocycles. The van der Waals surface area contributed by atoms with Crippen molar-refractivity contribution in [2.24, 2.45) is 0 Å². The van der Waals surface area contributed by atoms with E-state index in [2.05, 4.69) is 5.32 Å². The van der Waals surface area contributed by atoms with Crippen LogP contribution >= 0.6 is 0 Å². The first-order chi connectivity index (χ1) is 8.60. The molecule has 5 heteroatoms. The van der Waals surface area contributed by atoms with Gasteiger partial charge in [-0.15, -0.1) is 0 Å². The molecule has 1 unspecified atom stereocenters. The summed E-state index contributed by atoms with van der Waals surface area (Å²) in [6, 6.07) is 5.09. The molecule has 0 aliphatic rings. The predicted octanol–water partition coefficient (Wildman–Crippen LogP) is 1.43. The van der Waals surface area contributed by atoms with E-state index in [-0.39, 0.29) is 12.0 Å². The summed E-state index contributed by atoms with van der Waals surface area (Å²) in [7, 11) is 1.49. The van der Waals surface area contributed by atoms with E-state index >= 15 is 0 Å². The Labute approximate surface area is 107 Å². The molecule has 0 fully saturated rings. The number of amides is 1. The first-order valence-electron chi connectivity index (χ1n) is 5.92. The minimum Gasteiger partial charge on any atom is -0.494 e. The highest BCUT2D eigenvalue weighted by atomic mass is 16.5. The minimum absolute atomic E-state index is 0.0222. The maximum atomic E-state index is 12.0. The average Bonchev–Trinajstić information content (AvgIpc) is 2.36. The molecule has 0 aliphatic heterocycles. The third-order valence-electron chi connectivity index (χ3n) is 2.50. The predicted molar refractivity (Wildman–Crippen MR) is 70.8 cm³/mol. The maximum absolute atomic E-state index is 12.0. The normalized spacial score (nSPS) is 11.9. The maximum Gasteiger partial charge on any atom is 0.255 e. The number of hydrogen-bond acceptors (Lipinski definition) is 4. The summed E-state index contributed by atoms with van der Waals surface area (Å²) in [5, 5.41) is 2.79. The number of anilines is 1. The number of carbonyl (C=O) groups excluding carboxylic acids is 1. The Morgan fingerprint density at radius 3 is 2.83 bits per heavy atom. The van der Waals surface area contributed by atoms with Gasteiger partial charge in [0.2, 0.25) is 0 Å². The summed E-state index contributed by atoms with van der Waals surface area (Å²) in [4.78, 5) is 12.0. The van der Waals surface area contributed by atoms with Gasteiger partial charge in [-0.3, -0.25) is 4.79 Å². The van der Waals surface area contributed by atoms with Crippen LogP contribution in [-0.4, -0.2) is 32.3 Å². The Morgan fingerprint density at radius 1 is 1.50 bits per heavy atom. The van der Waals surface area contributed by atoms with Gasteiger partial charge in [-0.2, -0.15) is 0 Å². The quantitative estimate of drug-likeness (QED) is 0.751. The van der Waals surface area contributed by atoms with E-state index in [4.69, 9.17) is 15.2 Å². The highest BCUT2D eigenvalue weighted by molar-refractivity contribution is 5.98. The number of para-hydroxylation sites is 1. The Morgan fingerprint density at radius 2 is 2.22 bits per heavy atom. The van der Waals surface area contributed by atoms with Crippen molar-refractivity contribution in [1.82, 2.24) is 5.32 Å². The Kier molecular flexibility index (Phi) is 5.45. The molecule has 5 nitrogen and oxygen atoms in total. The fourth-order valence-electron chi connectivity index (χ4n) is 1.64. The van der Waals surface area contributed by atoms with E-state index in [1.807, 2.05) is 13.8 Å².